The lowest BCUT2D eigenvalue weighted by atomic mass is 10.0. The molecule has 0 radical (unpaired) electrons. The van der Waals surface area contributed by atoms with Crippen molar-refractivity contribution in [1.82, 2.24) is 25.2 Å². The number of benzene rings is 1. The van der Waals surface area contributed by atoms with Gasteiger partial charge in [-0.25, -0.2) is 19.3 Å². The van der Waals surface area contributed by atoms with Gasteiger partial charge in [0.15, 0.2) is 0 Å². The number of carbonyl (C=O) groups excluding carboxylic acids is 2. The molecule has 0 aliphatic carbocycles. The third kappa shape index (κ3) is 5.71. The molecule has 3 aromatic rings. The molecule has 2 atom stereocenters. The maximum absolute atomic E-state index is 14.3. The van der Waals surface area contributed by atoms with Crippen LogP contribution in [0.2, 0.25) is 5.02 Å². The van der Waals surface area contributed by atoms with Gasteiger partial charge in [-0.2, -0.15) is 0 Å². The molecule has 1 saturated heterocycles. The summed E-state index contributed by atoms with van der Waals surface area (Å²) in [6.45, 7) is 4.94. The Hall–Kier alpha value is -3.83. The Morgan fingerprint density at radius 2 is 1.98 bits per heavy atom. The number of nitrogens with zero attached hydrogens (tertiary/aromatic N) is 4. The number of halogens is 2. The van der Waals surface area contributed by atoms with Crippen LogP contribution in [0.5, 0.6) is 5.88 Å². The summed E-state index contributed by atoms with van der Waals surface area (Å²) in [6.07, 6.45) is 4.31. The normalized spacial score (nSPS) is 16.8. The molecule has 0 spiro atoms. The van der Waals surface area contributed by atoms with Crippen molar-refractivity contribution in [3.05, 3.63) is 64.2 Å². The van der Waals surface area contributed by atoms with Crippen molar-refractivity contribution in [2.24, 2.45) is 0 Å². The third-order valence-electron chi connectivity index (χ3n) is 7.26. The van der Waals surface area contributed by atoms with Crippen LogP contribution in [0.15, 0.2) is 36.7 Å². The molecule has 1 aromatic carbocycles. The van der Waals surface area contributed by atoms with Gasteiger partial charge in [0.25, 0.3) is 5.91 Å². The maximum Gasteiger partial charge on any atom is 0.255 e. The van der Waals surface area contributed by atoms with Crippen molar-refractivity contribution in [2.45, 2.75) is 51.4 Å². The van der Waals surface area contributed by atoms with Gasteiger partial charge in [-0.05, 0) is 38.3 Å². The summed E-state index contributed by atoms with van der Waals surface area (Å²) in [6, 6.07) is 5.64. The Labute approximate surface area is 236 Å². The van der Waals surface area contributed by atoms with E-state index >= 15 is 0 Å². The molecular weight excluding hydrogens is 539 g/mol. The van der Waals surface area contributed by atoms with Crippen molar-refractivity contribution >= 4 is 29.4 Å². The first-order valence-electron chi connectivity index (χ1n) is 13.1. The zero-order chi connectivity index (χ0) is 28.4. The van der Waals surface area contributed by atoms with Crippen LogP contribution in [0.4, 0.5) is 10.3 Å². The van der Waals surface area contributed by atoms with Gasteiger partial charge in [-0.1, -0.05) is 23.7 Å². The molecule has 2 aromatic heterocycles. The van der Waals surface area contributed by atoms with E-state index < -0.39 is 23.8 Å². The molecule has 210 valence electrons. The van der Waals surface area contributed by atoms with Crippen molar-refractivity contribution < 1.29 is 23.5 Å². The van der Waals surface area contributed by atoms with Crippen LogP contribution in [0.25, 0.3) is 11.3 Å². The number of aromatic nitrogens is 3. The summed E-state index contributed by atoms with van der Waals surface area (Å²) in [5.74, 6) is -0.557. The third-order valence-corrected chi connectivity index (χ3v) is 7.53. The first-order valence-corrected chi connectivity index (χ1v) is 13.4. The first kappa shape index (κ1) is 27.7. The first-order chi connectivity index (χ1) is 19.2. The van der Waals surface area contributed by atoms with Crippen LogP contribution in [0, 0.1) is 5.82 Å². The lowest BCUT2D eigenvalue weighted by Gasteiger charge is -2.25. The van der Waals surface area contributed by atoms with Crippen molar-refractivity contribution in [1.29, 1.82) is 0 Å². The molecule has 4 heterocycles. The summed E-state index contributed by atoms with van der Waals surface area (Å²) in [5.41, 5.74) is 2.68. The van der Waals surface area contributed by atoms with Gasteiger partial charge in [0.05, 0.1) is 36.3 Å². The molecule has 2 unspecified atom stereocenters. The highest BCUT2D eigenvalue weighted by molar-refractivity contribution is 6.33. The minimum absolute atomic E-state index is 0.213. The van der Waals surface area contributed by atoms with Gasteiger partial charge in [0, 0.05) is 48.6 Å². The van der Waals surface area contributed by atoms with E-state index in [1.807, 2.05) is 12.1 Å². The number of anilines is 1. The van der Waals surface area contributed by atoms with Crippen LogP contribution in [0.1, 0.15) is 54.2 Å². The van der Waals surface area contributed by atoms with Crippen LogP contribution in [-0.2, 0) is 16.1 Å². The second-order valence-corrected chi connectivity index (χ2v) is 10.3. The minimum Gasteiger partial charge on any atom is -0.481 e. The van der Waals surface area contributed by atoms with Gasteiger partial charge in [-0.3, -0.25) is 9.59 Å². The maximum atomic E-state index is 14.3. The molecule has 0 saturated carbocycles. The molecule has 12 heteroatoms. The standard InChI is InChI=1S/C28H30ClFN6O4/c1-15(20-11-24(39-3)31-13-23(20)30)33-26(37)16(2)36-14-18-5-4-17(10-21(18)27(36)38)25-22(29)12-32-28(35-25)34-19-6-8-40-9-7-19/h4-5,10-13,15-16,19H,6-9,14H2,1-3H3,(H,33,37)(H,32,34,35). The number of ether oxygens (including phenoxy) is 2. The van der Waals surface area contributed by atoms with E-state index in [1.54, 1.807) is 26.1 Å². The summed E-state index contributed by atoms with van der Waals surface area (Å²) in [7, 11) is 1.43. The largest absolute Gasteiger partial charge is 0.481 e. The number of amides is 2. The quantitative estimate of drug-likeness (QED) is 0.416. The van der Waals surface area contributed by atoms with Gasteiger partial charge in [0.2, 0.25) is 17.7 Å². The second-order valence-electron chi connectivity index (χ2n) is 9.88. The second kappa shape index (κ2) is 11.7. The summed E-state index contributed by atoms with van der Waals surface area (Å²) in [4.78, 5) is 40.7. The smallest absolute Gasteiger partial charge is 0.255 e. The fraction of sp³-hybridized carbons (Fsp3) is 0.393. The highest BCUT2D eigenvalue weighted by Crippen LogP contribution is 2.32. The molecular formula is C28H30ClFN6O4. The Morgan fingerprint density at radius 3 is 2.73 bits per heavy atom. The lowest BCUT2D eigenvalue weighted by Crippen LogP contribution is -2.46. The molecule has 2 amide bonds. The van der Waals surface area contributed by atoms with Crippen LogP contribution in [0.3, 0.4) is 0 Å². The van der Waals surface area contributed by atoms with Crippen LogP contribution < -0.4 is 15.4 Å². The SMILES string of the molecule is COc1cc(C(C)NC(=O)C(C)N2Cc3ccc(-c4nc(NC5CCOCC5)ncc4Cl)cc3C2=O)c(F)cn1. The van der Waals surface area contributed by atoms with Crippen molar-refractivity contribution in [2.75, 3.05) is 25.6 Å². The molecule has 2 aliphatic heterocycles. The number of hydrogen-bond donors (Lipinski definition) is 2. The predicted molar refractivity (Wildman–Crippen MR) is 147 cm³/mol. The molecule has 2 N–H and O–H groups in total. The van der Waals surface area contributed by atoms with Gasteiger partial charge >= 0.3 is 0 Å². The Morgan fingerprint density at radius 1 is 1.20 bits per heavy atom. The fourth-order valence-corrected chi connectivity index (χ4v) is 5.08. The van der Waals surface area contributed by atoms with Crippen LogP contribution >= 0.6 is 11.6 Å². The monoisotopic (exact) mass is 568 g/mol. The van der Waals surface area contributed by atoms with E-state index in [-0.39, 0.29) is 29.9 Å². The molecule has 40 heavy (non-hydrogen) atoms. The zero-order valence-corrected chi connectivity index (χ0v) is 23.2. The van der Waals surface area contributed by atoms with Crippen molar-refractivity contribution in [3.8, 4) is 17.1 Å². The average Bonchev–Trinajstić information content (AvgIpc) is 3.29. The molecule has 2 aliphatic rings. The van der Waals surface area contributed by atoms with Crippen molar-refractivity contribution in [3.63, 3.8) is 0 Å². The number of nitrogens with one attached hydrogen (secondary N) is 2. The minimum atomic E-state index is -0.796. The van der Waals surface area contributed by atoms with Gasteiger partial charge in [-0.15, -0.1) is 0 Å². The lowest BCUT2D eigenvalue weighted by molar-refractivity contribution is -0.125. The zero-order valence-electron chi connectivity index (χ0n) is 22.4. The topological polar surface area (TPSA) is 119 Å². The van der Waals surface area contributed by atoms with E-state index in [9.17, 15) is 14.0 Å². The van der Waals surface area contributed by atoms with E-state index in [0.717, 1.165) is 24.6 Å². The van der Waals surface area contributed by atoms with E-state index in [1.165, 1.54) is 18.1 Å². The Kier molecular flexibility index (Phi) is 8.13. The summed E-state index contributed by atoms with van der Waals surface area (Å²) < 4.78 is 24.8. The Bertz CT molecular complexity index is 1430. The fourth-order valence-electron chi connectivity index (χ4n) is 4.88. The number of rotatable bonds is 8. The van der Waals surface area contributed by atoms with Crippen LogP contribution in [-0.4, -0.2) is 64.1 Å². The number of methoxy groups -OCH3 is 1. The molecule has 1 fully saturated rings. The van der Waals surface area contributed by atoms with Gasteiger partial charge in [0.1, 0.15) is 11.9 Å². The molecule has 10 nitrogen and oxygen atoms in total. The van der Waals surface area contributed by atoms with E-state index in [0.29, 0.717) is 41.0 Å². The molecule has 0 bridgehead atoms. The summed E-state index contributed by atoms with van der Waals surface area (Å²) in [5, 5.41) is 6.49. The van der Waals surface area contributed by atoms with Gasteiger partial charge < -0.3 is 25.0 Å². The number of fused-ring (bicyclic) bond motifs is 1. The number of hydrogen-bond acceptors (Lipinski definition) is 8. The number of carbonyl (C=O) groups is 2. The summed E-state index contributed by atoms with van der Waals surface area (Å²) >= 11 is 6.45. The Balaban J connectivity index is 1.30. The van der Waals surface area contributed by atoms with E-state index in [2.05, 4.69) is 25.6 Å². The average molecular weight is 569 g/mol. The highest BCUT2D eigenvalue weighted by Gasteiger charge is 2.35. The highest BCUT2D eigenvalue weighted by atomic mass is 35.5. The molecule has 5 rings (SSSR count). The predicted octanol–water partition coefficient (Wildman–Crippen LogP) is 4.15. The number of pyridine rings is 1. The van der Waals surface area contributed by atoms with E-state index in [4.69, 9.17) is 21.1 Å².